The van der Waals surface area contributed by atoms with Gasteiger partial charge in [-0.25, -0.2) is 0 Å². The van der Waals surface area contributed by atoms with Crippen LogP contribution in [0.15, 0.2) is 47.9 Å². The molecular weight excluding hydrogens is 176 g/mol. The van der Waals surface area contributed by atoms with Crippen LogP contribution in [-0.4, -0.2) is 5.25 Å². The summed E-state index contributed by atoms with van der Waals surface area (Å²) in [5.74, 6) is 0. The summed E-state index contributed by atoms with van der Waals surface area (Å²) >= 11 is 1.94. The van der Waals surface area contributed by atoms with Crippen molar-refractivity contribution in [3.05, 3.63) is 43.0 Å². The molecule has 13 heavy (non-hydrogen) atoms. The molecule has 0 amide bonds. The van der Waals surface area contributed by atoms with Crippen molar-refractivity contribution in [2.45, 2.75) is 29.9 Å². The Kier molecular flexibility index (Phi) is 4.69. The van der Waals surface area contributed by atoms with Crippen molar-refractivity contribution in [3.63, 3.8) is 0 Å². The van der Waals surface area contributed by atoms with Crippen molar-refractivity contribution in [2.75, 3.05) is 0 Å². The van der Waals surface area contributed by atoms with Crippen molar-refractivity contribution in [2.24, 2.45) is 0 Å². The van der Waals surface area contributed by atoms with Crippen LogP contribution in [0.4, 0.5) is 0 Å². The third-order valence-electron chi connectivity index (χ3n) is 1.93. The lowest BCUT2D eigenvalue weighted by Crippen LogP contribution is -1.97. The first-order chi connectivity index (χ1) is 6.36. The molecule has 0 bridgehead atoms. The highest BCUT2D eigenvalue weighted by atomic mass is 32.2. The zero-order chi connectivity index (χ0) is 9.52. The summed E-state index contributed by atoms with van der Waals surface area (Å²) < 4.78 is 0. The molecule has 0 N–H and O–H groups in total. The number of rotatable bonds is 5. The van der Waals surface area contributed by atoms with E-state index in [-0.39, 0.29) is 0 Å². The summed E-state index contributed by atoms with van der Waals surface area (Å²) in [4.78, 5) is 1.36. The molecule has 0 nitrogen and oxygen atoms in total. The Morgan fingerprint density at radius 3 is 2.62 bits per heavy atom. The van der Waals surface area contributed by atoms with Crippen LogP contribution < -0.4 is 0 Å². The van der Waals surface area contributed by atoms with Gasteiger partial charge < -0.3 is 0 Å². The van der Waals surface area contributed by atoms with Gasteiger partial charge in [-0.15, -0.1) is 18.3 Å². The smallest absolute Gasteiger partial charge is 0.0126 e. The van der Waals surface area contributed by atoms with E-state index in [0.717, 1.165) is 6.42 Å². The monoisotopic (exact) mass is 192 g/mol. The van der Waals surface area contributed by atoms with Crippen LogP contribution in [0.5, 0.6) is 0 Å². The molecule has 0 saturated carbocycles. The molecule has 0 aromatic heterocycles. The molecule has 1 atom stereocenters. The standard InChI is InChI=1S/C12H16S/c1-3-8-11(4-2)13-12-9-6-5-7-10-12/h3,5-7,9-11H,1,4,8H2,2H3. The Labute approximate surface area is 85.1 Å². The summed E-state index contributed by atoms with van der Waals surface area (Å²) in [5, 5.41) is 0.680. The zero-order valence-electron chi connectivity index (χ0n) is 8.07. The fourth-order valence-electron chi connectivity index (χ4n) is 1.18. The zero-order valence-corrected chi connectivity index (χ0v) is 8.89. The second kappa shape index (κ2) is 5.87. The average Bonchev–Trinajstić information content (AvgIpc) is 2.19. The van der Waals surface area contributed by atoms with Gasteiger partial charge in [-0.05, 0) is 25.0 Å². The first-order valence-corrected chi connectivity index (χ1v) is 5.57. The van der Waals surface area contributed by atoms with E-state index in [4.69, 9.17) is 0 Å². The lowest BCUT2D eigenvalue weighted by atomic mass is 10.2. The molecule has 0 aliphatic rings. The van der Waals surface area contributed by atoms with Gasteiger partial charge in [-0.1, -0.05) is 31.2 Å². The van der Waals surface area contributed by atoms with Crippen LogP contribution in [0.1, 0.15) is 19.8 Å². The summed E-state index contributed by atoms with van der Waals surface area (Å²) in [5.41, 5.74) is 0. The normalized spacial score (nSPS) is 12.4. The van der Waals surface area contributed by atoms with Crippen LogP contribution >= 0.6 is 11.8 Å². The second-order valence-corrected chi connectivity index (χ2v) is 4.36. The van der Waals surface area contributed by atoms with Crippen LogP contribution in [-0.2, 0) is 0 Å². The molecule has 1 unspecified atom stereocenters. The Morgan fingerprint density at radius 2 is 2.08 bits per heavy atom. The molecule has 1 rings (SSSR count). The van der Waals surface area contributed by atoms with Gasteiger partial charge in [-0.3, -0.25) is 0 Å². The molecule has 0 aliphatic heterocycles. The number of hydrogen-bond donors (Lipinski definition) is 0. The van der Waals surface area contributed by atoms with Gasteiger partial charge >= 0.3 is 0 Å². The van der Waals surface area contributed by atoms with E-state index in [0.29, 0.717) is 5.25 Å². The minimum atomic E-state index is 0.680. The Hall–Kier alpha value is -0.690. The average molecular weight is 192 g/mol. The first kappa shape index (κ1) is 10.4. The Balaban J connectivity index is 2.51. The SMILES string of the molecule is C=CCC(CC)Sc1ccccc1. The molecule has 0 heterocycles. The van der Waals surface area contributed by atoms with Gasteiger partial charge in [0.1, 0.15) is 0 Å². The lowest BCUT2D eigenvalue weighted by molar-refractivity contribution is 0.837. The fourth-order valence-corrected chi connectivity index (χ4v) is 2.27. The van der Waals surface area contributed by atoms with Gasteiger partial charge in [-0.2, -0.15) is 0 Å². The molecule has 0 aliphatic carbocycles. The summed E-state index contributed by atoms with van der Waals surface area (Å²) in [6.07, 6.45) is 4.30. The van der Waals surface area contributed by atoms with Gasteiger partial charge in [0, 0.05) is 10.1 Å². The number of hydrogen-bond acceptors (Lipinski definition) is 1. The van der Waals surface area contributed by atoms with Crippen LogP contribution in [0.25, 0.3) is 0 Å². The molecule has 0 spiro atoms. The molecule has 0 fully saturated rings. The largest absolute Gasteiger partial charge is 0.122 e. The van der Waals surface area contributed by atoms with Crippen molar-refractivity contribution in [1.29, 1.82) is 0 Å². The minimum absolute atomic E-state index is 0.680. The Morgan fingerprint density at radius 1 is 1.38 bits per heavy atom. The first-order valence-electron chi connectivity index (χ1n) is 4.69. The highest BCUT2D eigenvalue weighted by molar-refractivity contribution is 8.00. The van der Waals surface area contributed by atoms with E-state index in [1.807, 2.05) is 17.8 Å². The highest BCUT2D eigenvalue weighted by Crippen LogP contribution is 2.27. The summed E-state index contributed by atoms with van der Waals surface area (Å²) in [6, 6.07) is 10.6. The number of allylic oxidation sites excluding steroid dienone is 1. The molecule has 70 valence electrons. The molecular formula is C12H16S. The minimum Gasteiger partial charge on any atom is -0.122 e. The van der Waals surface area contributed by atoms with Crippen LogP contribution in [0, 0.1) is 0 Å². The molecule has 0 saturated heterocycles. The third kappa shape index (κ3) is 3.69. The van der Waals surface area contributed by atoms with Crippen molar-refractivity contribution < 1.29 is 0 Å². The molecule has 1 aromatic carbocycles. The molecule has 1 aromatic rings. The maximum absolute atomic E-state index is 3.78. The lowest BCUT2D eigenvalue weighted by Gasteiger charge is -2.11. The van der Waals surface area contributed by atoms with E-state index in [1.54, 1.807) is 0 Å². The van der Waals surface area contributed by atoms with Crippen LogP contribution in [0.2, 0.25) is 0 Å². The second-order valence-electron chi connectivity index (χ2n) is 2.99. The topological polar surface area (TPSA) is 0 Å². The van der Waals surface area contributed by atoms with Crippen molar-refractivity contribution >= 4 is 11.8 Å². The van der Waals surface area contributed by atoms with Gasteiger partial charge in [0.05, 0.1) is 0 Å². The van der Waals surface area contributed by atoms with Gasteiger partial charge in [0.15, 0.2) is 0 Å². The molecule has 1 heteroatoms. The summed E-state index contributed by atoms with van der Waals surface area (Å²) in [7, 11) is 0. The van der Waals surface area contributed by atoms with Gasteiger partial charge in [0.25, 0.3) is 0 Å². The predicted molar refractivity (Wildman–Crippen MR) is 61.2 cm³/mol. The predicted octanol–water partition coefficient (Wildman–Crippen LogP) is 4.13. The van der Waals surface area contributed by atoms with Crippen LogP contribution in [0.3, 0.4) is 0 Å². The Bertz CT molecular complexity index is 241. The summed E-state index contributed by atoms with van der Waals surface area (Å²) in [6.45, 7) is 6.00. The van der Waals surface area contributed by atoms with Gasteiger partial charge in [0.2, 0.25) is 0 Å². The van der Waals surface area contributed by atoms with E-state index >= 15 is 0 Å². The van der Waals surface area contributed by atoms with E-state index in [2.05, 4.69) is 43.8 Å². The van der Waals surface area contributed by atoms with Crippen molar-refractivity contribution in [3.8, 4) is 0 Å². The quantitative estimate of drug-likeness (QED) is 0.499. The van der Waals surface area contributed by atoms with E-state index < -0.39 is 0 Å². The van der Waals surface area contributed by atoms with E-state index in [9.17, 15) is 0 Å². The maximum atomic E-state index is 3.78. The number of benzene rings is 1. The highest BCUT2D eigenvalue weighted by Gasteiger charge is 2.04. The fraction of sp³-hybridized carbons (Fsp3) is 0.333. The number of thioether (sulfide) groups is 1. The maximum Gasteiger partial charge on any atom is 0.0126 e. The van der Waals surface area contributed by atoms with Crippen molar-refractivity contribution in [1.82, 2.24) is 0 Å². The third-order valence-corrected chi connectivity index (χ3v) is 3.33. The van der Waals surface area contributed by atoms with E-state index in [1.165, 1.54) is 11.3 Å². The molecule has 0 radical (unpaired) electrons.